The number of amides is 1. The minimum atomic E-state index is -1.09. The molecule has 1 aromatic carbocycles. The van der Waals surface area contributed by atoms with Crippen LogP contribution in [0.25, 0.3) is 0 Å². The van der Waals surface area contributed by atoms with Crippen LogP contribution in [0.15, 0.2) is 28.9 Å². The number of thiazole rings is 1. The summed E-state index contributed by atoms with van der Waals surface area (Å²) in [6, 6.07) is 3.60. The maximum atomic E-state index is 13.5. The second kappa shape index (κ2) is 7.61. The van der Waals surface area contributed by atoms with Crippen LogP contribution in [-0.4, -0.2) is 15.9 Å². The smallest absolute Gasteiger partial charge is 0.273 e. The van der Waals surface area contributed by atoms with E-state index in [2.05, 4.69) is 15.3 Å². The number of nitrogens with one attached hydrogen (secondary N) is 1. The van der Waals surface area contributed by atoms with Gasteiger partial charge in [-0.1, -0.05) is 6.07 Å². The summed E-state index contributed by atoms with van der Waals surface area (Å²) >= 11 is 1.51. The minimum absolute atomic E-state index is 0.0633. The van der Waals surface area contributed by atoms with Gasteiger partial charge in [-0.3, -0.25) is 4.79 Å². The van der Waals surface area contributed by atoms with Gasteiger partial charge in [0, 0.05) is 4.88 Å². The van der Waals surface area contributed by atoms with Crippen molar-refractivity contribution in [3.05, 3.63) is 63.3 Å². The predicted octanol–water partition coefficient (Wildman–Crippen LogP) is 3.54. The molecule has 0 fully saturated rings. The Balaban J connectivity index is 1.56. The summed E-state index contributed by atoms with van der Waals surface area (Å²) in [5.41, 5.74) is 0.998. The molecule has 0 saturated heterocycles. The van der Waals surface area contributed by atoms with E-state index in [4.69, 9.17) is 9.15 Å². The number of oxazole rings is 1. The fraction of sp³-hybridized carbons (Fsp3) is 0.235. The summed E-state index contributed by atoms with van der Waals surface area (Å²) in [5, 5.41) is 3.49. The van der Waals surface area contributed by atoms with Crippen LogP contribution >= 0.6 is 11.3 Å². The van der Waals surface area contributed by atoms with Crippen LogP contribution in [-0.2, 0) is 13.2 Å². The van der Waals surface area contributed by atoms with Crippen LogP contribution in [0.5, 0.6) is 5.75 Å². The van der Waals surface area contributed by atoms with Gasteiger partial charge in [0.1, 0.15) is 11.3 Å². The number of aromatic nitrogens is 2. The van der Waals surface area contributed by atoms with E-state index < -0.39 is 17.5 Å². The topological polar surface area (TPSA) is 77.2 Å². The van der Waals surface area contributed by atoms with E-state index in [1.807, 2.05) is 13.8 Å². The van der Waals surface area contributed by atoms with Crippen molar-refractivity contribution in [1.82, 2.24) is 15.3 Å². The second-order valence-electron chi connectivity index (χ2n) is 5.40. The van der Waals surface area contributed by atoms with Crippen molar-refractivity contribution in [3.8, 4) is 5.75 Å². The highest BCUT2D eigenvalue weighted by Crippen LogP contribution is 2.20. The number of rotatable bonds is 6. The normalized spacial score (nSPS) is 10.8. The van der Waals surface area contributed by atoms with Gasteiger partial charge in [-0.15, -0.1) is 11.3 Å². The third kappa shape index (κ3) is 4.05. The largest absolute Gasteiger partial charge is 0.481 e. The highest BCUT2D eigenvalue weighted by molar-refractivity contribution is 7.11. The van der Waals surface area contributed by atoms with Gasteiger partial charge in [0.25, 0.3) is 5.91 Å². The molecule has 2 heterocycles. The Morgan fingerprint density at radius 3 is 2.85 bits per heavy atom. The van der Waals surface area contributed by atoms with Crippen LogP contribution in [0.3, 0.4) is 0 Å². The lowest BCUT2D eigenvalue weighted by atomic mass is 10.3. The maximum absolute atomic E-state index is 13.5. The number of aryl methyl sites for hydroxylation is 2. The Labute approximate surface area is 151 Å². The molecule has 0 spiro atoms. The van der Waals surface area contributed by atoms with Crippen molar-refractivity contribution in [3.63, 3.8) is 0 Å². The first kappa shape index (κ1) is 18.0. The zero-order valence-electron chi connectivity index (χ0n) is 14.0. The summed E-state index contributed by atoms with van der Waals surface area (Å²) in [6.07, 6.45) is 1.17. The molecule has 0 unspecified atom stereocenters. The predicted molar refractivity (Wildman–Crippen MR) is 90.0 cm³/mol. The average Bonchev–Trinajstić information content (AvgIpc) is 3.21. The molecule has 0 aliphatic heterocycles. The molecule has 6 nitrogen and oxygen atoms in total. The number of benzene rings is 1. The van der Waals surface area contributed by atoms with Crippen LogP contribution < -0.4 is 10.1 Å². The van der Waals surface area contributed by atoms with Gasteiger partial charge >= 0.3 is 0 Å². The second-order valence-corrected chi connectivity index (χ2v) is 6.69. The molecule has 9 heteroatoms. The number of carbonyl (C=O) groups is 1. The van der Waals surface area contributed by atoms with E-state index in [-0.39, 0.29) is 30.5 Å². The lowest BCUT2D eigenvalue weighted by molar-refractivity contribution is 0.0945. The van der Waals surface area contributed by atoms with E-state index in [9.17, 15) is 13.6 Å². The van der Waals surface area contributed by atoms with Crippen molar-refractivity contribution >= 4 is 17.2 Å². The molecule has 0 aliphatic rings. The molecule has 1 N–H and O–H groups in total. The number of carbonyl (C=O) groups excluding carboxylic acids is 1. The summed E-state index contributed by atoms with van der Waals surface area (Å²) in [6.45, 7) is 3.91. The Bertz CT molecular complexity index is 920. The lowest BCUT2D eigenvalue weighted by Gasteiger charge is -2.04. The Hall–Kier alpha value is -2.81. The lowest BCUT2D eigenvalue weighted by Crippen LogP contribution is -2.23. The first-order chi connectivity index (χ1) is 12.4. The third-order valence-electron chi connectivity index (χ3n) is 3.52. The molecule has 0 aliphatic carbocycles. The highest BCUT2D eigenvalue weighted by Gasteiger charge is 2.15. The van der Waals surface area contributed by atoms with E-state index in [0.29, 0.717) is 0 Å². The van der Waals surface area contributed by atoms with Crippen molar-refractivity contribution in [2.24, 2.45) is 0 Å². The summed E-state index contributed by atoms with van der Waals surface area (Å²) < 4.78 is 36.9. The van der Waals surface area contributed by atoms with Gasteiger partial charge < -0.3 is 14.5 Å². The molecule has 2 aromatic heterocycles. The maximum Gasteiger partial charge on any atom is 0.273 e. The molecule has 0 radical (unpaired) electrons. The summed E-state index contributed by atoms with van der Waals surface area (Å²) in [4.78, 5) is 21.5. The highest BCUT2D eigenvalue weighted by atomic mass is 32.1. The molecule has 26 heavy (non-hydrogen) atoms. The van der Waals surface area contributed by atoms with E-state index in [1.54, 1.807) is 0 Å². The number of hydrogen-bond acceptors (Lipinski definition) is 6. The first-order valence-corrected chi connectivity index (χ1v) is 8.48. The molecule has 3 aromatic rings. The van der Waals surface area contributed by atoms with Gasteiger partial charge in [-0.2, -0.15) is 4.39 Å². The fourth-order valence-corrected chi connectivity index (χ4v) is 2.95. The van der Waals surface area contributed by atoms with Crippen molar-refractivity contribution < 1.29 is 22.7 Å². The SMILES string of the molecule is Cc1nc(CNC(=O)c2coc(COc3cccc(F)c3F)n2)sc1C. The molecule has 136 valence electrons. The van der Waals surface area contributed by atoms with Crippen LogP contribution in [0.4, 0.5) is 8.78 Å². The van der Waals surface area contributed by atoms with Crippen LogP contribution in [0, 0.1) is 25.5 Å². The van der Waals surface area contributed by atoms with Gasteiger partial charge in [-0.25, -0.2) is 14.4 Å². The van der Waals surface area contributed by atoms with Gasteiger partial charge in [-0.05, 0) is 26.0 Å². The molecular weight excluding hydrogens is 364 g/mol. The van der Waals surface area contributed by atoms with Gasteiger partial charge in [0.2, 0.25) is 11.7 Å². The van der Waals surface area contributed by atoms with E-state index in [0.717, 1.165) is 21.6 Å². The fourth-order valence-electron chi connectivity index (χ4n) is 2.08. The summed E-state index contributed by atoms with van der Waals surface area (Å²) in [5.74, 6) is -2.72. The minimum Gasteiger partial charge on any atom is -0.481 e. The standard InChI is InChI=1S/C17H15F2N3O3S/c1-9-10(2)26-15(21-9)6-20-17(23)12-7-25-14(22-12)8-24-13-5-3-4-11(18)16(13)19/h3-5,7H,6,8H2,1-2H3,(H,20,23). The van der Waals surface area contributed by atoms with Crippen molar-refractivity contribution in [2.75, 3.05) is 0 Å². The molecule has 1 amide bonds. The average molecular weight is 379 g/mol. The first-order valence-electron chi connectivity index (χ1n) is 7.66. The Morgan fingerprint density at radius 1 is 1.31 bits per heavy atom. The van der Waals surface area contributed by atoms with E-state index >= 15 is 0 Å². The molecule has 0 bridgehead atoms. The Morgan fingerprint density at radius 2 is 2.12 bits per heavy atom. The number of hydrogen-bond donors (Lipinski definition) is 1. The summed E-state index contributed by atoms with van der Waals surface area (Å²) in [7, 11) is 0. The number of nitrogens with zero attached hydrogens (tertiary/aromatic N) is 2. The van der Waals surface area contributed by atoms with Gasteiger partial charge in [0.15, 0.2) is 23.9 Å². The monoisotopic (exact) mass is 379 g/mol. The van der Waals surface area contributed by atoms with Gasteiger partial charge in [0.05, 0.1) is 12.2 Å². The zero-order valence-corrected chi connectivity index (χ0v) is 14.8. The third-order valence-corrected chi connectivity index (χ3v) is 4.60. The quantitative estimate of drug-likeness (QED) is 0.709. The van der Waals surface area contributed by atoms with E-state index in [1.165, 1.54) is 29.7 Å². The van der Waals surface area contributed by atoms with Crippen LogP contribution in [0.1, 0.15) is 32.0 Å². The number of halogens is 2. The molecular formula is C17H15F2N3O3S. The van der Waals surface area contributed by atoms with Crippen molar-refractivity contribution in [1.29, 1.82) is 0 Å². The van der Waals surface area contributed by atoms with Crippen molar-refractivity contribution in [2.45, 2.75) is 27.0 Å². The zero-order chi connectivity index (χ0) is 18.7. The Kier molecular flexibility index (Phi) is 5.27. The number of ether oxygens (including phenoxy) is 1. The molecule has 3 rings (SSSR count). The molecule has 0 atom stereocenters. The van der Waals surface area contributed by atoms with Crippen LogP contribution in [0.2, 0.25) is 0 Å². The molecule has 0 saturated carbocycles.